The van der Waals surface area contributed by atoms with E-state index in [9.17, 15) is 4.79 Å². The first-order valence-electron chi connectivity index (χ1n) is 6.05. The largest absolute Gasteiger partial charge is 0.395 e. The summed E-state index contributed by atoms with van der Waals surface area (Å²) in [5.74, 6) is 1.08. The number of nitrogens with zero attached hydrogens (tertiary/aromatic N) is 3. The monoisotopic (exact) mass is 239 g/mol. The van der Waals surface area contributed by atoms with Gasteiger partial charge >= 0.3 is 0 Å². The molecule has 5 heteroatoms. The number of carbonyl (C=O) groups excluding carboxylic acids is 1. The summed E-state index contributed by atoms with van der Waals surface area (Å²) in [5, 5.41) is 8.82. The van der Waals surface area contributed by atoms with Crippen molar-refractivity contribution in [1.82, 2.24) is 14.5 Å². The van der Waals surface area contributed by atoms with Gasteiger partial charge in [-0.05, 0) is 20.3 Å². The van der Waals surface area contributed by atoms with Crippen LogP contribution in [0.15, 0.2) is 12.4 Å². The molecule has 17 heavy (non-hydrogen) atoms. The van der Waals surface area contributed by atoms with Crippen molar-refractivity contribution in [3.63, 3.8) is 0 Å². The predicted molar refractivity (Wildman–Crippen MR) is 65.5 cm³/mol. The number of amides is 1. The van der Waals surface area contributed by atoms with Gasteiger partial charge < -0.3 is 14.6 Å². The van der Waals surface area contributed by atoms with Gasteiger partial charge in [-0.25, -0.2) is 4.98 Å². The number of rotatable bonds is 7. The molecule has 1 rings (SSSR count). The van der Waals surface area contributed by atoms with Crippen molar-refractivity contribution in [2.75, 3.05) is 19.7 Å². The predicted octanol–water partition coefficient (Wildman–Crippen LogP) is 0.813. The zero-order valence-corrected chi connectivity index (χ0v) is 10.6. The molecule has 96 valence electrons. The molecule has 0 spiro atoms. The van der Waals surface area contributed by atoms with Gasteiger partial charge in [-0.3, -0.25) is 4.79 Å². The molecule has 0 radical (unpaired) electrons. The van der Waals surface area contributed by atoms with Crippen LogP contribution in [-0.2, 0) is 11.3 Å². The Hall–Kier alpha value is -1.36. The van der Waals surface area contributed by atoms with Crippen LogP contribution < -0.4 is 0 Å². The number of aliphatic hydroxyl groups excluding tert-OH is 1. The van der Waals surface area contributed by atoms with E-state index in [4.69, 9.17) is 5.11 Å². The fourth-order valence-corrected chi connectivity index (χ4v) is 1.78. The van der Waals surface area contributed by atoms with Crippen LogP contribution in [0.4, 0.5) is 0 Å². The van der Waals surface area contributed by atoms with Crippen molar-refractivity contribution in [3.05, 3.63) is 18.2 Å². The maximum Gasteiger partial charge on any atom is 0.222 e. The molecule has 0 atom stereocenters. The molecule has 1 amide bonds. The second-order valence-electron chi connectivity index (χ2n) is 3.97. The molecule has 0 aliphatic rings. The molecule has 0 fully saturated rings. The van der Waals surface area contributed by atoms with Crippen LogP contribution in [0.2, 0.25) is 0 Å². The summed E-state index contributed by atoms with van der Waals surface area (Å²) >= 11 is 0. The van der Waals surface area contributed by atoms with E-state index in [1.54, 1.807) is 11.1 Å². The van der Waals surface area contributed by atoms with Gasteiger partial charge in [-0.1, -0.05) is 0 Å². The lowest BCUT2D eigenvalue weighted by atomic mass is 10.2. The summed E-state index contributed by atoms with van der Waals surface area (Å²) in [5.41, 5.74) is 0. The van der Waals surface area contributed by atoms with Gasteiger partial charge in [0.05, 0.1) is 6.61 Å². The fourth-order valence-electron chi connectivity index (χ4n) is 1.78. The summed E-state index contributed by atoms with van der Waals surface area (Å²) in [7, 11) is 0. The number of imidazole rings is 1. The van der Waals surface area contributed by atoms with Crippen molar-refractivity contribution in [2.45, 2.75) is 33.2 Å². The lowest BCUT2D eigenvalue weighted by Gasteiger charge is -2.19. The third-order valence-corrected chi connectivity index (χ3v) is 2.82. The third kappa shape index (κ3) is 4.19. The summed E-state index contributed by atoms with van der Waals surface area (Å²) in [4.78, 5) is 17.6. The molecule has 0 aromatic carbocycles. The highest BCUT2D eigenvalue weighted by Crippen LogP contribution is 2.02. The molecule has 5 nitrogen and oxygen atoms in total. The first kappa shape index (κ1) is 13.7. The maximum atomic E-state index is 11.8. The van der Waals surface area contributed by atoms with Crippen LogP contribution in [-0.4, -0.2) is 45.2 Å². The molecule has 1 aromatic heterocycles. The number of aliphatic hydroxyl groups is 1. The van der Waals surface area contributed by atoms with Crippen molar-refractivity contribution < 1.29 is 9.90 Å². The van der Waals surface area contributed by atoms with Crippen LogP contribution in [0.3, 0.4) is 0 Å². The Bertz CT molecular complexity index is 349. The summed E-state index contributed by atoms with van der Waals surface area (Å²) in [6, 6.07) is 0. The van der Waals surface area contributed by atoms with Crippen LogP contribution in [0.1, 0.15) is 25.6 Å². The Morgan fingerprint density at radius 2 is 2.35 bits per heavy atom. The van der Waals surface area contributed by atoms with Crippen molar-refractivity contribution in [2.24, 2.45) is 0 Å². The van der Waals surface area contributed by atoms with Crippen LogP contribution in [0, 0.1) is 6.92 Å². The Morgan fingerprint density at radius 3 is 2.88 bits per heavy atom. The van der Waals surface area contributed by atoms with Crippen molar-refractivity contribution in [1.29, 1.82) is 0 Å². The number of aryl methyl sites for hydroxylation is 2. The molecule has 0 aliphatic carbocycles. The Kier molecular flexibility index (Phi) is 5.69. The molecule has 0 unspecified atom stereocenters. The molecule has 1 N–H and O–H groups in total. The number of aromatic nitrogens is 2. The van der Waals surface area contributed by atoms with E-state index in [0.29, 0.717) is 19.5 Å². The van der Waals surface area contributed by atoms with E-state index >= 15 is 0 Å². The van der Waals surface area contributed by atoms with E-state index < -0.39 is 0 Å². The molecule has 1 heterocycles. The second-order valence-corrected chi connectivity index (χ2v) is 3.97. The van der Waals surface area contributed by atoms with Gasteiger partial charge in [0.25, 0.3) is 0 Å². The SMILES string of the molecule is CCN(CCO)C(=O)CCCn1ccnc1C. The number of likely N-dealkylation sites (N-methyl/N-ethyl adjacent to an activating group) is 1. The highest BCUT2D eigenvalue weighted by molar-refractivity contribution is 5.76. The lowest BCUT2D eigenvalue weighted by Crippen LogP contribution is -2.33. The zero-order chi connectivity index (χ0) is 12.7. The molecule has 0 saturated carbocycles. The Morgan fingerprint density at radius 1 is 1.59 bits per heavy atom. The van der Waals surface area contributed by atoms with E-state index in [2.05, 4.69) is 4.98 Å². The maximum absolute atomic E-state index is 11.8. The molecule has 0 bridgehead atoms. The molecule has 1 aromatic rings. The third-order valence-electron chi connectivity index (χ3n) is 2.82. The van der Waals surface area contributed by atoms with Gasteiger partial charge in [0.15, 0.2) is 0 Å². The molecular formula is C12H21N3O2. The minimum absolute atomic E-state index is 0.0280. The summed E-state index contributed by atoms with van der Waals surface area (Å²) in [6.45, 7) is 5.80. The van der Waals surface area contributed by atoms with Gasteiger partial charge in [0.1, 0.15) is 5.82 Å². The lowest BCUT2D eigenvalue weighted by molar-refractivity contribution is -0.131. The average molecular weight is 239 g/mol. The van der Waals surface area contributed by atoms with Gasteiger partial charge in [-0.15, -0.1) is 0 Å². The summed E-state index contributed by atoms with van der Waals surface area (Å²) in [6.07, 6.45) is 5.01. The van der Waals surface area contributed by atoms with Crippen molar-refractivity contribution >= 4 is 5.91 Å². The highest BCUT2D eigenvalue weighted by atomic mass is 16.3. The van der Waals surface area contributed by atoms with E-state index in [1.807, 2.05) is 24.6 Å². The minimum Gasteiger partial charge on any atom is -0.395 e. The van der Waals surface area contributed by atoms with Crippen LogP contribution in [0.25, 0.3) is 0 Å². The summed E-state index contributed by atoms with van der Waals surface area (Å²) < 4.78 is 2.04. The number of carbonyl (C=O) groups is 1. The van der Waals surface area contributed by atoms with E-state index in [-0.39, 0.29) is 12.5 Å². The number of hydrogen-bond acceptors (Lipinski definition) is 3. The normalized spacial score (nSPS) is 10.5. The van der Waals surface area contributed by atoms with E-state index in [0.717, 1.165) is 18.8 Å². The van der Waals surface area contributed by atoms with E-state index in [1.165, 1.54) is 0 Å². The fraction of sp³-hybridized carbons (Fsp3) is 0.667. The number of hydrogen-bond donors (Lipinski definition) is 1. The topological polar surface area (TPSA) is 58.4 Å². The Balaban J connectivity index is 2.30. The Labute approximate surface area is 102 Å². The highest BCUT2D eigenvalue weighted by Gasteiger charge is 2.10. The van der Waals surface area contributed by atoms with Gasteiger partial charge in [0.2, 0.25) is 5.91 Å². The van der Waals surface area contributed by atoms with Crippen LogP contribution in [0.5, 0.6) is 0 Å². The average Bonchev–Trinajstić information content (AvgIpc) is 2.72. The molecular weight excluding hydrogens is 218 g/mol. The standard InChI is InChI=1S/C12H21N3O2/c1-3-14(9-10-16)12(17)5-4-7-15-8-6-13-11(15)2/h6,8,16H,3-5,7,9-10H2,1-2H3. The zero-order valence-electron chi connectivity index (χ0n) is 10.6. The van der Waals surface area contributed by atoms with Crippen molar-refractivity contribution in [3.8, 4) is 0 Å². The smallest absolute Gasteiger partial charge is 0.222 e. The van der Waals surface area contributed by atoms with Gasteiger partial charge in [-0.2, -0.15) is 0 Å². The van der Waals surface area contributed by atoms with Crippen LogP contribution >= 0.6 is 0 Å². The van der Waals surface area contributed by atoms with Gasteiger partial charge in [0, 0.05) is 38.4 Å². The minimum atomic E-state index is 0.0280. The molecule has 0 saturated heterocycles. The first-order chi connectivity index (χ1) is 8.19. The first-order valence-corrected chi connectivity index (χ1v) is 6.05. The quantitative estimate of drug-likeness (QED) is 0.766. The molecule has 0 aliphatic heterocycles. The second kappa shape index (κ2) is 7.06.